The summed E-state index contributed by atoms with van der Waals surface area (Å²) >= 11 is 0. The molecule has 3 heterocycles. The number of hydrogen-bond donors (Lipinski definition) is 2. The summed E-state index contributed by atoms with van der Waals surface area (Å²) in [5.74, 6) is 0.201. The van der Waals surface area contributed by atoms with Gasteiger partial charge in [-0.2, -0.15) is 10.1 Å². The van der Waals surface area contributed by atoms with E-state index in [1.54, 1.807) is 10.6 Å². The van der Waals surface area contributed by atoms with Gasteiger partial charge in [-0.05, 0) is 76.4 Å². The Bertz CT molecular complexity index is 1150. The lowest BCUT2D eigenvalue weighted by molar-refractivity contribution is 0.0509. The Morgan fingerprint density at radius 1 is 1.26 bits per heavy atom. The van der Waals surface area contributed by atoms with Crippen LogP contribution in [0.4, 0.5) is 14.9 Å². The largest absolute Gasteiger partial charge is 0.444 e. The van der Waals surface area contributed by atoms with Gasteiger partial charge < -0.3 is 20.5 Å². The van der Waals surface area contributed by atoms with Gasteiger partial charge in [-0.15, -0.1) is 0 Å². The number of rotatable bonds is 6. The maximum Gasteiger partial charge on any atom is 0.407 e. The number of piperidine rings is 1. The van der Waals surface area contributed by atoms with Gasteiger partial charge in [0.25, 0.3) is 0 Å². The van der Waals surface area contributed by atoms with Crippen LogP contribution in [-0.4, -0.2) is 50.8 Å². The molecule has 1 aromatic carbocycles. The highest BCUT2D eigenvalue weighted by atomic mass is 19.1. The summed E-state index contributed by atoms with van der Waals surface area (Å²) in [6.07, 6.45) is 4.79. The highest BCUT2D eigenvalue weighted by molar-refractivity contribution is 5.67. The van der Waals surface area contributed by atoms with Gasteiger partial charge >= 0.3 is 6.09 Å². The second-order valence-electron chi connectivity index (χ2n) is 9.59. The number of amides is 1. The van der Waals surface area contributed by atoms with Gasteiger partial charge in [0.1, 0.15) is 17.4 Å². The Labute approximate surface area is 198 Å². The number of nitrogens with zero attached hydrogens (tertiary/aromatic N) is 4. The number of aromatic nitrogens is 3. The minimum Gasteiger partial charge on any atom is -0.444 e. The molecule has 1 aliphatic heterocycles. The lowest BCUT2D eigenvalue weighted by Crippen LogP contribution is -2.40. The third-order valence-corrected chi connectivity index (χ3v) is 5.70. The van der Waals surface area contributed by atoms with Crippen LogP contribution in [-0.2, 0) is 11.3 Å². The number of likely N-dealkylation sites (tertiary alicyclic amines) is 1. The summed E-state index contributed by atoms with van der Waals surface area (Å²) in [4.78, 5) is 18.5. The van der Waals surface area contributed by atoms with Crippen molar-refractivity contribution in [3.05, 3.63) is 48.2 Å². The van der Waals surface area contributed by atoms with Crippen molar-refractivity contribution in [2.45, 2.75) is 45.8 Å². The van der Waals surface area contributed by atoms with Crippen molar-refractivity contribution in [1.29, 1.82) is 0 Å². The van der Waals surface area contributed by atoms with E-state index in [2.05, 4.69) is 20.3 Å². The number of ether oxygens (including phenoxy) is 2. The van der Waals surface area contributed by atoms with Crippen molar-refractivity contribution in [2.24, 2.45) is 5.92 Å². The molecule has 3 N–H and O–H groups in total. The highest BCUT2D eigenvalue weighted by Crippen LogP contribution is 2.30. The van der Waals surface area contributed by atoms with E-state index >= 15 is 0 Å². The molecule has 4 rings (SSSR count). The molecule has 0 saturated carbocycles. The zero-order chi connectivity index (χ0) is 24.3. The van der Waals surface area contributed by atoms with Gasteiger partial charge in [-0.25, -0.2) is 13.7 Å². The molecule has 0 unspecified atom stereocenters. The standard InChI is InChI=1S/C24H31FN6O3/c1-24(2,3)34-23(32)27-13-16-6-9-30(10-7-16)14-17-8-11-31-21(17)22(28-15-29-31)33-20-5-4-18(26)12-19(20)25/h4-5,8,11-12,15-16H,6-7,9-10,13-14,26H2,1-3H3,(H,27,32). The molecule has 2 aromatic heterocycles. The van der Waals surface area contributed by atoms with Crippen molar-refractivity contribution < 1.29 is 18.7 Å². The Balaban J connectivity index is 1.37. The number of benzene rings is 1. The Kier molecular flexibility index (Phi) is 6.87. The molecule has 3 aromatic rings. The molecule has 10 heteroatoms. The van der Waals surface area contributed by atoms with E-state index in [4.69, 9.17) is 15.2 Å². The number of fused-ring (bicyclic) bond motifs is 1. The van der Waals surface area contributed by atoms with Crippen LogP contribution in [0.1, 0.15) is 39.2 Å². The first-order chi connectivity index (χ1) is 16.2. The monoisotopic (exact) mass is 470 g/mol. The van der Waals surface area contributed by atoms with Crippen LogP contribution in [0.3, 0.4) is 0 Å². The van der Waals surface area contributed by atoms with E-state index in [1.165, 1.54) is 18.5 Å². The average Bonchev–Trinajstić information content (AvgIpc) is 3.18. The fourth-order valence-electron chi connectivity index (χ4n) is 4.03. The minimum atomic E-state index is -0.549. The van der Waals surface area contributed by atoms with Crippen LogP contribution in [0.2, 0.25) is 0 Å². The quantitative estimate of drug-likeness (QED) is 0.525. The molecular formula is C24H31FN6O3. The summed E-state index contributed by atoms with van der Waals surface area (Å²) in [5.41, 5.74) is 7.16. The van der Waals surface area contributed by atoms with Crippen LogP contribution < -0.4 is 15.8 Å². The lowest BCUT2D eigenvalue weighted by atomic mass is 9.96. The molecule has 0 atom stereocenters. The minimum absolute atomic E-state index is 0.0558. The SMILES string of the molecule is CC(C)(C)OC(=O)NCC1CCN(Cc2ccn3ncnc(Oc4ccc(N)cc4F)c23)CC1. The van der Waals surface area contributed by atoms with Crippen LogP contribution in [0.25, 0.3) is 5.52 Å². The molecule has 34 heavy (non-hydrogen) atoms. The summed E-state index contributed by atoms with van der Waals surface area (Å²) in [6, 6.07) is 6.26. The van der Waals surface area contributed by atoms with Gasteiger partial charge in [0, 0.05) is 31.0 Å². The third kappa shape index (κ3) is 5.93. The van der Waals surface area contributed by atoms with Gasteiger partial charge in [-0.3, -0.25) is 4.90 Å². The van der Waals surface area contributed by atoms with Gasteiger partial charge in [-0.1, -0.05) is 0 Å². The van der Waals surface area contributed by atoms with Crippen LogP contribution in [0.15, 0.2) is 36.8 Å². The predicted octanol–water partition coefficient (Wildman–Crippen LogP) is 3.98. The molecule has 9 nitrogen and oxygen atoms in total. The van der Waals surface area contributed by atoms with Gasteiger partial charge in [0.05, 0.1) is 0 Å². The van der Waals surface area contributed by atoms with E-state index in [0.29, 0.717) is 30.2 Å². The smallest absolute Gasteiger partial charge is 0.407 e. The average molecular weight is 471 g/mol. The van der Waals surface area contributed by atoms with Crippen LogP contribution in [0, 0.1) is 11.7 Å². The highest BCUT2D eigenvalue weighted by Gasteiger charge is 2.23. The second kappa shape index (κ2) is 9.84. The molecule has 182 valence electrons. The normalized spacial score (nSPS) is 15.4. The lowest BCUT2D eigenvalue weighted by Gasteiger charge is -2.32. The molecule has 0 aliphatic carbocycles. The number of nitrogens with two attached hydrogens (primary N) is 1. The number of carbonyl (C=O) groups is 1. The molecule has 1 amide bonds. The Morgan fingerprint density at radius 2 is 2.03 bits per heavy atom. The molecule has 0 radical (unpaired) electrons. The number of anilines is 1. The fraction of sp³-hybridized carbons (Fsp3) is 0.458. The van der Waals surface area contributed by atoms with Crippen molar-refractivity contribution in [2.75, 3.05) is 25.4 Å². The third-order valence-electron chi connectivity index (χ3n) is 5.70. The molecule has 1 aliphatic rings. The van der Waals surface area contributed by atoms with Crippen LogP contribution >= 0.6 is 0 Å². The Morgan fingerprint density at radius 3 is 2.74 bits per heavy atom. The summed E-state index contributed by atoms with van der Waals surface area (Å²) in [7, 11) is 0. The van der Waals surface area contributed by atoms with Crippen molar-refractivity contribution in [1.82, 2.24) is 24.8 Å². The molecule has 1 fully saturated rings. The first-order valence-electron chi connectivity index (χ1n) is 11.4. The Hall–Kier alpha value is -3.40. The van der Waals surface area contributed by atoms with Gasteiger partial charge in [0.15, 0.2) is 11.6 Å². The summed E-state index contributed by atoms with van der Waals surface area (Å²) < 4.78 is 27.1. The first-order valence-corrected chi connectivity index (χ1v) is 11.4. The first kappa shape index (κ1) is 23.7. The molecular weight excluding hydrogens is 439 g/mol. The maximum absolute atomic E-state index is 14.3. The zero-order valence-corrected chi connectivity index (χ0v) is 19.8. The molecule has 0 spiro atoms. The summed E-state index contributed by atoms with van der Waals surface area (Å²) in [6.45, 7) is 8.65. The number of halogens is 1. The maximum atomic E-state index is 14.3. The number of nitrogen functional groups attached to an aromatic ring is 1. The number of carbonyl (C=O) groups excluding carboxylic acids is 1. The number of alkyl carbamates (subject to hydrolysis) is 1. The number of nitrogens with one attached hydrogen (secondary N) is 1. The van der Waals surface area contributed by atoms with Crippen molar-refractivity contribution >= 4 is 17.3 Å². The van der Waals surface area contributed by atoms with E-state index in [-0.39, 0.29) is 17.7 Å². The fourth-order valence-corrected chi connectivity index (χ4v) is 4.03. The summed E-state index contributed by atoms with van der Waals surface area (Å²) in [5, 5.41) is 7.13. The van der Waals surface area contributed by atoms with E-state index < -0.39 is 11.4 Å². The molecule has 0 bridgehead atoms. The van der Waals surface area contributed by atoms with Crippen LogP contribution in [0.5, 0.6) is 11.6 Å². The van der Waals surface area contributed by atoms with Gasteiger partial charge in [0.2, 0.25) is 5.88 Å². The van der Waals surface area contributed by atoms with E-state index in [0.717, 1.165) is 31.5 Å². The van der Waals surface area contributed by atoms with E-state index in [9.17, 15) is 9.18 Å². The number of hydrogen-bond acceptors (Lipinski definition) is 7. The topological polar surface area (TPSA) is 107 Å². The van der Waals surface area contributed by atoms with Crippen molar-refractivity contribution in [3.8, 4) is 11.6 Å². The zero-order valence-electron chi connectivity index (χ0n) is 19.8. The van der Waals surface area contributed by atoms with E-state index in [1.807, 2.05) is 33.0 Å². The molecule has 1 saturated heterocycles. The second-order valence-corrected chi connectivity index (χ2v) is 9.59. The predicted molar refractivity (Wildman–Crippen MR) is 126 cm³/mol. The van der Waals surface area contributed by atoms with Crippen molar-refractivity contribution in [3.63, 3.8) is 0 Å².